The Kier molecular flexibility index (Phi) is 4.30. The summed E-state index contributed by atoms with van der Waals surface area (Å²) in [6.45, 7) is 0. The maximum Gasteiger partial charge on any atom is 0.277 e. The van der Waals surface area contributed by atoms with Crippen molar-refractivity contribution in [1.29, 1.82) is 0 Å². The second-order valence-electron chi connectivity index (χ2n) is 5.45. The molecule has 0 amide bonds. The molecule has 0 aliphatic heterocycles. The average molecular weight is 349 g/mol. The van der Waals surface area contributed by atoms with Crippen LogP contribution in [-0.4, -0.2) is 20.2 Å². The number of nitrogens with two attached hydrogens (primary N) is 1. The molecule has 2 heterocycles. The van der Waals surface area contributed by atoms with E-state index in [1.54, 1.807) is 0 Å². The van der Waals surface area contributed by atoms with Gasteiger partial charge in [0.2, 0.25) is 5.89 Å². The second-order valence-corrected chi connectivity index (χ2v) is 6.38. The highest BCUT2D eigenvalue weighted by atomic mass is 32.2. The quantitative estimate of drug-likeness (QED) is 0.552. The van der Waals surface area contributed by atoms with E-state index in [2.05, 4.69) is 20.2 Å². The van der Waals surface area contributed by atoms with Gasteiger partial charge >= 0.3 is 0 Å². The van der Waals surface area contributed by atoms with Gasteiger partial charge in [-0.15, -0.1) is 10.2 Å². The molecule has 25 heavy (non-hydrogen) atoms. The predicted molar refractivity (Wildman–Crippen MR) is 97.1 cm³/mol. The molecule has 2 aromatic carbocycles. The average Bonchev–Trinajstić information content (AvgIpc) is 3.08. The van der Waals surface area contributed by atoms with Crippen molar-refractivity contribution >= 4 is 28.5 Å². The van der Waals surface area contributed by atoms with Gasteiger partial charge in [0.15, 0.2) is 0 Å². The van der Waals surface area contributed by atoms with Gasteiger partial charge in [0, 0.05) is 5.39 Å². The Morgan fingerprint density at radius 2 is 1.72 bits per heavy atom. The van der Waals surface area contributed by atoms with Crippen molar-refractivity contribution < 1.29 is 4.42 Å². The Morgan fingerprint density at radius 3 is 2.60 bits per heavy atom. The molecular formula is C18H15N5OS. The molecule has 6 nitrogen and oxygen atoms in total. The van der Waals surface area contributed by atoms with Gasteiger partial charge < -0.3 is 10.2 Å². The van der Waals surface area contributed by atoms with Crippen molar-refractivity contribution in [1.82, 2.24) is 20.2 Å². The molecule has 124 valence electrons. The summed E-state index contributed by atoms with van der Waals surface area (Å²) < 4.78 is 5.68. The fraction of sp³-hybridized carbons (Fsp3) is 0.111. The van der Waals surface area contributed by atoms with Crippen LogP contribution in [0.4, 0.5) is 5.82 Å². The van der Waals surface area contributed by atoms with Crippen molar-refractivity contribution in [3.8, 4) is 0 Å². The van der Waals surface area contributed by atoms with Crippen LogP contribution < -0.4 is 5.73 Å². The van der Waals surface area contributed by atoms with E-state index in [9.17, 15) is 0 Å². The Hall–Kier alpha value is -2.93. The minimum atomic E-state index is 0.483. The fourth-order valence-electron chi connectivity index (χ4n) is 2.48. The van der Waals surface area contributed by atoms with Crippen LogP contribution in [0.15, 0.2) is 64.2 Å². The Balaban J connectivity index is 1.45. The molecule has 0 unspecified atom stereocenters. The molecule has 0 bridgehead atoms. The van der Waals surface area contributed by atoms with Gasteiger partial charge in [-0.1, -0.05) is 54.2 Å². The van der Waals surface area contributed by atoms with Crippen LogP contribution in [0.2, 0.25) is 0 Å². The number of benzene rings is 2. The minimum absolute atomic E-state index is 0.483. The van der Waals surface area contributed by atoms with Gasteiger partial charge in [0.05, 0.1) is 17.7 Å². The first-order valence-corrected chi connectivity index (χ1v) is 8.77. The standard InChI is InChI=1S/C18H15N5OS/c19-17-13-8-4-5-9-14(13)20-15(21-17)11-25-18-23-22-16(24-18)10-12-6-2-1-3-7-12/h1-9H,10-11H2,(H2,19,20,21). The van der Waals surface area contributed by atoms with Crippen LogP contribution in [0.1, 0.15) is 17.3 Å². The number of thioether (sulfide) groups is 1. The van der Waals surface area contributed by atoms with E-state index in [0.717, 1.165) is 16.5 Å². The van der Waals surface area contributed by atoms with Gasteiger partial charge in [0.1, 0.15) is 11.6 Å². The maximum atomic E-state index is 6.00. The van der Waals surface area contributed by atoms with E-state index in [1.165, 1.54) is 11.8 Å². The van der Waals surface area contributed by atoms with Crippen molar-refractivity contribution in [3.63, 3.8) is 0 Å². The number of anilines is 1. The monoisotopic (exact) mass is 349 g/mol. The lowest BCUT2D eigenvalue weighted by Crippen LogP contribution is -1.99. The lowest BCUT2D eigenvalue weighted by atomic mass is 10.2. The van der Waals surface area contributed by atoms with E-state index >= 15 is 0 Å². The zero-order valence-corrected chi connectivity index (χ0v) is 14.1. The summed E-state index contributed by atoms with van der Waals surface area (Å²) in [5.74, 6) is 2.23. The Morgan fingerprint density at radius 1 is 0.920 bits per heavy atom. The molecule has 0 radical (unpaired) electrons. The number of nitrogens with zero attached hydrogens (tertiary/aromatic N) is 4. The van der Waals surface area contributed by atoms with E-state index in [0.29, 0.717) is 34.9 Å². The first-order chi connectivity index (χ1) is 12.3. The largest absolute Gasteiger partial charge is 0.416 e. The smallest absolute Gasteiger partial charge is 0.277 e. The molecule has 4 aromatic rings. The van der Waals surface area contributed by atoms with Crippen molar-refractivity contribution in [2.75, 3.05) is 5.73 Å². The van der Waals surface area contributed by atoms with Crippen LogP contribution in [0.3, 0.4) is 0 Å². The molecular weight excluding hydrogens is 334 g/mol. The first kappa shape index (κ1) is 15.6. The highest BCUT2D eigenvalue weighted by Crippen LogP contribution is 2.23. The number of para-hydroxylation sites is 1. The van der Waals surface area contributed by atoms with Crippen molar-refractivity contribution in [2.45, 2.75) is 17.4 Å². The number of nitrogen functional groups attached to an aromatic ring is 1. The van der Waals surface area contributed by atoms with E-state index < -0.39 is 0 Å². The van der Waals surface area contributed by atoms with E-state index in [-0.39, 0.29) is 0 Å². The van der Waals surface area contributed by atoms with Crippen LogP contribution in [0, 0.1) is 0 Å². The van der Waals surface area contributed by atoms with Crippen LogP contribution in [0.25, 0.3) is 10.9 Å². The number of rotatable bonds is 5. The maximum absolute atomic E-state index is 6.00. The van der Waals surface area contributed by atoms with Gasteiger partial charge in [-0.25, -0.2) is 9.97 Å². The molecule has 0 aliphatic carbocycles. The summed E-state index contributed by atoms with van der Waals surface area (Å²) in [7, 11) is 0. The lowest BCUT2D eigenvalue weighted by molar-refractivity contribution is 0.420. The summed E-state index contributed by atoms with van der Waals surface area (Å²) in [6.07, 6.45) is 0.619. The third-order valence-corrected chi connectivity index (χ3v) is 4.46. The summed E-state index contributed by atoms with van der Waals surface area (Å²) in [5, 5.41) is 9.52. The van der Waals surface area contributed by atoms with Crippen LogP contribution in [-0.2, 0) is 12.2 Å². The van der Waals surface area contributed by atoms with Gasteiger partial charge in [-0.3, -0.25) is 0 Å². The normalized spacial score (nSPS) is 11.0. The summed E-state index contributed by atoms with van der Waals surface area (Å²) in [5.41, 5.74) is 7.97. The third kappa shape index (κ3) is 3.61. The third-order valence-electron chi connectivity index (χ3n) is 3.65. The topological polar surface area (TPSA) is 90.7 Å². The second kappa shape index (κ2) is 6.90. The molecule has 0 saturated carbocycles. The zero-order chi connectivity index (χ0) is 17.1. The number of hydrogen-bond acceptors (Lipinski definition) is 7. The van der Waals surface area contributed by atoms with Crippen molar-refractivity contribution in [3.05, 3.63) is 71.9 Å². The summed E-state index contributed by atoms with van der Waals surface area (Å²) >= 11 is 1.40. The number of aromatic nitrogens is 4. The lowest BCUT2D eigenvalue weighted by Gasteiger charge is -2.03. The van der Waals surface area contributed by atoms with Crippen LogP contribution >= 0.6 is 11.8 Å². The molecule has 4 rings (SSSR count). The summed E-state index contributed by atoms with van der Waals surface area (Å²) in [6, 6.07) is 17.7. The molecule has 0 aliphatic rings. The Bertz CT molecular complexity index is 1000. The summed E-state index contributed by atoms with van der Waals surface area (Å²) in [4.78, 5) is 8.87. The molecule has 0 atom stereocenters. The molecule has 2 N–H and O–H groups in total. The highest BCUT2D eigenvalue weighted by molar-refractivity contribution is 7.98. The Labute approximate surface area is 148 Å². The van der Waals surface area contributed by atoms with Gasteiger partial charge in [-0.2, -0.15) is 0 Å². The zero-order valence-electron chi connectivity index (χ0n) is 13.3. The molecule has 0 fully saturated rings. The molecule has 2 aromatic heterocycles. The minimum Gasteiger partial charge on any atom is -0.416 e. The van der Waals surface area contributed by atoms with E-state index in [1.807, 2.05) is 54.6 Å². The van der Waals surface area contributed by atoms with Gasteiger partial charge in [0.25, 0.3) is 5.22 Å². The molecule has 0 spiro atoms. The van der Waals surface area contributed by atoms with E-state index in [4.69, 9.17) is 10.2 Å². The van der Waals surface area contributed by atoms with Gasteiger partial charge in [-0.05, 0) is 17.7 Å². The predicted octanol–water partition coefficient (Wildman–Crippen LogP) is 3.48. The number of fused-ring (bicyclic) bond motifs is 1. The van der Waals surface area contributed by atoms with Crippen molar-refractivity contribution in [2.24, 2.45) is 0 Å². The molecule has 0 saturated heterocycles. The fourth-order valence-corrected chi connectivity index (χ4v) is 3.12. The number of hydrogen-bond donors (Lipinski definition) is 1. The highest BCUT2D eigenvalue weighted by Gasteiger charge is 2.10. The van der Waals surface area contributed by atoms with Crippen LogP contribution in [0.5, 0.6) is 0 Å². The first-order valence-electron chi connectivity index (χ1n) is 7.78. The molecule has 7 heteroatoms. The SMILES string of the molecule is Nc1nc(CSc2nnc(Cc3ccccc3)o2)nc2ccccc12.